The molecule has 4 aromatic rings. The van der Waals surface area contributed by atoms with Gasteiger partial charge >= 0.3 is 5.97 Å². The monoisotopic (exact) mass is 373 g/mol. The molecule has 0 aliphatic rings. The van der Waals surface area contributed by atoms with Crippen LogP contribution in [0.2, 0.25) is 0 Å². The van der Waals surface area contributed by atoms with E-state index in [1.54, 1.807) is 0 Å². The largest absolute Gasteiger partial charge is 0.488 e. The third kappa shape index (κ3) is 3.11. The number of benzene rings is 3. The molecule has 0 radical (unpaired) electrons. The standard InChI is InChI=1S/C24H23NO3/c1-16(2)25-20-10-7-11-22(28-15-17-8-5-4-6-9-17)23(20)19-13-12-18(14-21(19)25)24(26)27-3/h4-14,16H,15H2,1-3H3. The van der Waals surface area contributed by atoms with Crippen LogP contribution in [0.15, 0.2) is 66.7 Å². The summed E-state index contributed by atoms with van der Waals surface area (Å²) in [5.41, 5.74) is 3.77. The van der Waals surface area contributed by atoms with E-state index in [4.69, 9.17) is 9.47 Å². The molecule has 1 heterocycles. The molecule has 0 spiro atoms. The van der Waals surface area contributed by atoms with Gasteiger partial charge < -0.3 is 14.0 Å². The molecule has 0 saturated carbocycles. The Bertz CT molecular complexity index is 1140. The molecule has 4 rings (SSSR count). The lowest BCUT2D eigenvalue weighted by atomic mass is 10.1. The van der Waals surface area contributed by atoms with Crippen molar-refractivity contribution in [2.45, 2.75) is 26.5 Å². The van der Waals surface area contributed by atoms with Crippen LogP contribution in [0.5, 0.6) is 5.75 Å². The fraction of sp³-hybridized carbons (Fsp3) is 0.208. The molecule has 0 unspecified atom stereocenters. The minimum atomic E-state index is -0.331. The Balaban J connectivity index is 1.88. The Morgan fingerprint density at radius 2 is 1.75 bits per heavy atom. The second kappa shape index (κ2) is 7.39. The number of hydrogen-bond donors (Lipinski definition) is 0. The van der Waals surface area contributed by atoms with Gasteiger partial charge in [-0.3, -0.25) is 0 Å². The van der Waals surface area contributed by atoms with Crippen molar-refractivity contribution in [3.8, 4) is 5.75 Å². The van der Waals surface area contributed by atoms with Crippen molar-refractivity contribution in [1.29, 1.82) is 0 Å². The van der Waals surface area contributed by atoms with E-state index in [9.17, 15) is 4.79 Å². The number of carbonyl (C=O) groups is 1. The molecule has 4 nitrogen and oxygen atoms in total. The number of esters is 1. The molecule has 0 fully saturated rings. The first-order chi connectivity index (χ1) is 13.6. The van der Waals surface area contributed by atoms with Crippen LogP contribution in [-0.2, 0) is 11.3 Å². The van der Waals surface area contributed by atoms with Gasteiger partial charge in [0.2, 0.25) is 0 Å². The van der Waals surface area contributed by atoms with E-state index >= 15 is 0 Å². The normalized spacial score (nSPS) is 11.3. The van der Waals surface area contributed by atoms with Crippen LogP contribution in [0.25, 0.3) is 21.8 Å². The average molecular weight is 373 g/mol. The molecular weight excluding hydrogens is 350 g/mol. The second-order valence-corrected chi connectivity index (χ2v) is 7.11. The summed E-state index contributed by atoms with van der Waals surface area (Å²) in [6.07, 6.45) is 0. The van der Waals surface area contributed by atoms with Gasteiger partial charge in [0.25, 0.3) is 0 Å². The highest BCUT2D eigenvalue weighted by Crippen LogP contribution is 2.38. The SMILES string of the molecule is COC(=O)c1ccc2c3c(OCc4ccccc4)cccc3n(C(C)C)c2c1. The first-order valence-electron chi connectivity index (χ1n) is 9.42. The summed E-state index contributed by atoms with van der Waals surface area (Å²) < 4.78 is 13.3. The molecule has 0 atom stereocenters. The van der Waals surface area contributed by atoms with Gasteiger partial charge in [0, 0.05) is 16.8 Å². The van der Waals surface area contributed by atoms with Crippen LogP contribution in [0.3, 0.4) is 0 Å². The van der Waals surface area contributed by atoms with Gasteiger partial charge in [-0.15, -0.1) is 0 Å². The summed E-state index contributed by atoms with van der Waals surface area (Å²) in [7, 11) is 1.40. The molecule has 0 N–H and O–H groups in total. The summed E-state index contributed by atoms with van der Waals surface area (Å²) in [5.74, 6) is 0.514. The zero-order chi connectivity index (χ0) is 19.7. The maximum Gasteiger partial charge on any atom is 0.337 e. The van der Waals surface area contributed by atoms with Crippen molar-refractivity contribution in [1.82, 2.24) is 4.57 Å². The molecule has 3 aromatic carbocycles. The Morgan fingerprint density at radius 1 is 0.964 bits per heavy atom. The second-order valence-electron chi connectivity index (χ2n) is 7.11. The molecule has 0 amide bonds. The van der Waals surface area contributed by atoms with Crippen molar-refractivity contribution < 1.29 is 14.3 Å². The maximum atomic E-state index is 12.0. The Kier molecular flexibility index (Phi) is 4.78. The molecule has 0 aliphatic carbocycles. The first-order valence-corrected chi connectivity index (χ1v) is 9.42. The summed E-state index contributed by atoms with van der Waals surface area (Å²) in [6.45, 7) is 4.79. The molecule has 0 saturated heterocycles. The number of nitrogens with zero attached hydrogens (tertiary/aromatic N) is 1. The Labute approximate surface area is 164 Å². The van der Waals surface area contributed by atoms with Crippen LogP contribution >= 0.6 is 0 Å². The van der Waals surface area contributed by atoms with Crippen molar-refractivity contribution >= 4 is 27.8 Å². The molecule has 1 aromatic heterocycles. The van der Waals surface area contributed by atoms with Crippen molar-refractivity contribution in [3.05, 3.63) is 77.9 Å². The maximum absolute atomic E-state index is 12.0. The third-order valence-electron chi connectivity index (χ3n) is 4.97. The molecule has 0 aliphatic heterocycles. The van der Waals surface area contributed by atoms with Gasteiger partial charge in [-0.05, 0) is 43.7 Å². The van der Waals surface area contributed by atoms with E-state index in [1.807, 2.05) is 48.5 Å². The van der Waals surface area contributed by atoms with Gasteiger partial charge in [0.05, 0.1) is 23.7 Å². The number of ether oxygens (including phenoxy) is 2. The fourth-order valence-electron chi connectivity index (χ4n) is 3.72. The Hall–Kier alpha value is -3.27. The van der Waals surface area contributed by atoms with E-state index in [2.05, 4.69) is 36.6 Å². The predicted octanol–water partition coefficient (Wildman–Crippen LogP) is 5.74. The quantitative estimate of drug-likeness (QED) is 0.419. The summed E-state index contributed by atoms with van der Waals surface area (Å²) in [4.78, 5) is 12.0. The van der Waals surface area contributed by atoms with Gasteiger partial charge in [0.1, 0.15) is 12.4 Å². The lowest BCUT2D eigenvalue weighted by Crippen LogP contribution is -2.03. The van der Waals surface area contributed by atoms with E-state index in [0.717, 1.165) is 33.1 Å². The molecular formula is C24H23NO3. The lowest BCUT2D eigenvalue weighted by Gasteiger charge is -2.12. The van der Waals surface area contributed by atoms with Crippen LogP contribution in [0.4, 0.5) is 0 Å². The highest BCUT2D eigenvalue weighted by Gasteiger charge is 2.18. The third-order valence-corrected chi connectivity index (χ3v) is 4.97. The van der Waals surface area contributed by atoms with E-state index in [-0.39, 0.29) is 12.0 Å². The van der Waals surface area contributed by atoms with Gasteiger partial charge in [-0.25, -0.2) is 4.79 Å². The van der Waals surface area contributed by atoms with Gasteiger partial charge in [-0.2, -0.15) is 0 Å². The van der Waals surface area contributed by atoms with Gasteiger partial charge in [-0.1, -0.05) is 42.5 Å². The molecule has 142 valence electrons. The van der Waals surface area contributed by atoms with E-state index in [1.165, 1.54) is 7.11 Å². The van der Waals surface area contributed by atoms with Crippen LogP contribution in [-0.4, -0.2) is 17.6 Å². The minimum Gasteiger partial charge on any atom is -0.488 e. The lowest BCUT2D eigenvalue weighted by molar-refractivity contribution is 0.0601. The van der Waals surface area contributed by atoms with Crippen LogP contribution < -0.4 is 4.74 Å². The molecule has 28 heavy (non-hydrogen) atoms. The zero-order valence-corrected chi connectivity index (χ0v) is 16.3. The molecule has 4 heteroatoms. The Morgan fingerprint density at radius 3 is 2.46 bits per heavy atom. The fourth-order valence-corrected chi connectivity index (χ4v) is 3.72. The number of hydrogen-bond acceptors (Lipinski definition) is 3. The number of carbonyl (C=O) groups excluding carboxylic acids is 1. The minimum absolute atomic E-state index is 0.234. The highest BCUT2D eigenvalue weighted by molar-refractivity contribution is 6.12. The predicted molar refractivity (Wildman–Crippen MR) is 112 cm³/mol. The number of aromatic nitrogens is 1. The highest BCUT2D eigenvalue weighted by atomic mass is 16.5. The van der Waals surface area contributed by atoms with Crippen molar-refractivity contribution in [3.63, 3.8) is 0 Å². The van der Waals surface area contributed by atoms with E-state index in [0.29, 0.717) is 12.2 Å². The molecule has 0 bridgehead atoms. The van der Waals surface area contributed by atoms with E-state index < -0.39 is 0 Å². The summed E-state index contributed by atoms with van der Waals surface area (Å²) in [5, 5.41) is 2.14. The number of methoxy groups -OCH3 is 1. The number of rotatable bonds is 5. The van der Waals surface area contributed by atoms with Crippen LogP contribution in [0, 0.1) is 0 Å². The summed E-state index contributed by atoms with van der Waals surface area (Å²) >= 11 is 0. The van der Waals surface area contributed by atoms with Crippen molar-refractivity contribution in [2.75, 3.05) is 7.11 Å². The smallest absolute Gasteiger partial charge is 0.337 e. The van der Waals surface area contributed by atoms with Crippen LogP contribution in [0.1, 0.15) is 35.8 Å². The first kappa shape index (κ1) is 18.1. The summed E-state index contributed by atoms with van der Waals surface area (Å²) in [6, 6.07) is 22.2. The topological polar surface area (TPSA) is 40.5 Å². The average Bonchev–Trinajstić information content (AvgIpc) is 3.06. The van der Waals surface area contributed by atoms with Crippen molar-refractivity contribution in [2.24, 2.45) is 0 Å². The zero-order valence-electron chi connectivity index (χ0n) is 16.3. The van der Waals surface area contributed by atoms with Gasteiger partial charge in [0.15, 0.2) is 0 Å². The number of fused-ring (bicyclic) bond motifs is 3.